The summed E-state index contributed by atoms with van der Waals surface area (Å²) in [5.41, 5.74) is -1.39. The number of aromatic amines is 1. The normalized spacial score (nSPS) is 10.4. The maximum atomic E-state index is 12.8. The van der Waals surface area contributed by atoms with Gasteiger partial charge < -0.3 is 4.42 Å². The van der Waals surface area contributed by atoms with Crippen LogP contribution in [0.1, 0.15) is 0 Å². The molecule has 0 spiro atoms. The van der Waals surface area contributed by atoms with Gasteiger partial charge in [-0.15, -0.1) is 0 Å². The summed E-state index contributed by atoms with van der Waals surface area (Å²) < 4.78 is 18.5. The Morgan fingerprint density at radius 3 is 2.86 bits per heavy atom. The molecule has 2 rings (SSSR count). The van der Waals surface area contributed by atoms with Crippen LogP contribution in [0.4, 0.5) is 4.39 Å². The number of rotatable bonds is 1. The highest BCUT2D eigenvalue weighted by atomic mass is 19.1. The summed E-state index contributed by atoms with van der Waals surface area (Å²) in [5.74, 6) is -1.02. The van der Waals surface area contributed by atoms with E-state index in [9.17, 15) is 14.0 Å². The van der Waals surface area contributed by atoms with Crippen LogP contribution in [-0.4, -0.2) is 9.55 Å². The van der Waals surface area contributed by atoms with Gasteiger partial charge in [0.25, 0.3) is 5.56 Å². The van der Waals surface area contributed by atoms with Crippen molar-refractivity contribution in [2.45, 2.75) is 0 Å². The van der Waals surface area contributed by atoms with Crippen molar-refractivity contribution in [1.82, 2.24) is 9.55 Å². The molecule has 0 amide bonds. The number of aromatic nitrogens is 2. The number of nitrogens with zero attached hydrogens (tertiary/aromatic N) is 1. The van der Waals surface area contributed by atoms with E-state index in [1.54, 1.807) is 0 Å². The van der Waals surface area contributed by atoms with Gasteiger partial charge in [0.15, 0.2) is 0 Å². The molecule has 0 unspecified atom stereocenters. The summed E-state index contributed by atoms with van der Waals surface area (Å²) in [6.45, 7) is 0. The van der Waals surface area contributed by atoms with Gasteiger partial charge in [-0.3, -0.25) is 14.3 Å². The Hall–Kier alpha value is -2.11. The lowest BCUT2D eigenvalue weighted by molar-refractivity contribution is 0.561. The van der Waals surface area contributed by atoms with E-state index in [2.05, 4.69) is 0 Å². The molecule has 0 aliphatic rings. The molecular weight excluding hydrogens is 191 g/mol. The number of halogens is 1. The predicted octanol–water partition coefficient (Wildman–Crippen LogP) is 0.258. The van der Waals surface area contributed by atoms with Gasteiger partial charge in [0.05, 0.1) is 18.1 Å². The van der Waals surface area contributed by atoms with Gasteiger partial charge in [-0.2, -0.15) is 4.39 Å². The molecule has 0 aliphatic heterocycles. The second-order valence-electron chi connectivity index (χ2n) is 2.59. The Labute approximate surface area is 76.4 Å². The highest BCUT2D eigenvalue weighted by Crippen LogP contribution is 2.03. The monoisotopic (exact) mass is 196 g/mol. The largest absolute Gasteiger partial charge is 0.470 e. The molecule has 0 saturated heterocycles. The van der Waals surface area contributed by atoms with Gasteiger partial charge in [0.2, 0.25) is 5.82 Å². The molecule has 6 heteroatoms. The van der Waals surface area contributed by atoms with Crippen molar-refractivity contribution in [3.8, 4) is 5.69 Å². The molecule has 0 aliphatic carbocycles. The molecule has 0 bridgehead atoms. The summed E-state index contributed by atoms with van der Waals surface area (Å²) in [7, 11) is 0. The number of nitrogens with one attached hydrogen (secondary N) is 1. The zero-order chi connectivity index (χ0) is 10.1. The fourth-order valence-corrected chi connectivity index (χ4v) is 1.03. The van der Waals surface area contributed by atoms with E-state index in [1.807, 2.05) is 4.98 Å². The number of H-pyrrole nitrogens is 1. The summed E-state index contributed by atoms with van der Waals surface area (Å²) in [6, 6.07) is 1.47. The maximum absolute atomic E-state index is 12.8. The highest BCUT2D eigenvalue weighted by Gasteiger charge is 2.05. The third-order valence-corrected chi connectivity index (χ3v) is 1.68. The van der Waals surface area contributed by atoms with Gasteiger partial charge >= 0.3 is 5.69 Å². The van der Waals surface area contributed by atoms with Crippen LogP contribution >= 0.6 is 0 Å². The van der Waals surface area contributed by atoms with Crippen LogP contribution in [0.15, 0.2) is 38.8 Å². The SMILES string of the molecule is O=c1[nH]c(=O)n(-c2ccoc2)cc1F. The molecule has 0 atom stereocenters. The Morgan fingerprint density at radius 2 is 2.21 bits per heavy atom. The lowest BCUT2D eigenvalue weighted by atomic mass is 10.5. The average Bonchev–Trinajstić information content (AvgIpc) is 2.64. The van der Waals surface area contributed by atoms with Crippen LogP contribution in [0.25, 0.3) is 5.69 Å². The lowest BCUT2D eigenvalue weighted by Crippen LogP contribution is -2.30. The third-order valence-electron chi connectivity index (χ3n) is 1.68. The van der Waals surface area contributed by atoms with Gasteiger partial charge in [0, 0.05) is 6.07 Å². The van der Waals surface area contributed by atoms with E-state index >= 15 is 0 Å². The van der Waals surface area contributed by atoms with E-state index in [0.29, 0.717) is 5.69 Å². The van der Waals surface area contributed by atoms with Crippen molar-refractivity contribution < 1.29 is 8.81 Å². The maximum Gasteiger partial charge on any atom is 0.333 e. The second-order valence-corrected chi connectivity index (χ2v) is 2.59. The molecule has 0 fully saturated rings. The van der Waals surface area contributed by atoms with E-state index < -0.39 is 17.1 Å². The predicted molar refractivity (Wildman–Crippen MR) is 44.9 cm³/mol. The summed E-state index contributed by atoms with van der Waals surface area (Å²) in [4.78, 5) is 23.7. The van der Waals surface area contributed by atoms with Crippen LogP contribution in [0.5, 0.6) is 0 Å². The Morgan fingerprint density at radius 1 is 1.43 bits per heavy atom. The first-order chi connectivity index (χ1) is 6.68. The van der Waals surface area contributed by atoms with E-state index in [1.165, 1.54) is 18.6 Å². The zero-order valence-electron chi connectivity index (χ0n) is 6.86. The van der Waals surface area contributed by atoms with Crippen molar-refractivity contribution in [2.24, 2.45) is 0 Å². The molecule has 2 heterocycles. The molecule has 14 heavy (non-hydrogen) atoms. The Bertz CT molecular complexity index is 553. The highest BCUT2D eigenvalue weighted by molar-refractivity contribution is 5.25. The van der Waals surface area contributed by atoms with Crippen molar-refractivity contribution in [3.63, 3.8) is 0 Å². The number of furan rings is 1. The van der Waals surface area contributed by atoms with Crippen LogP contribution in [-0.2, 0) is 0 Å². The average molecular weight is 196 g/mol. The topological polar surface area (TPSA) is 68.0 Å². The lowest BCUT2D eigenvalue weighted by Gasteiger charge is -1.99. The zero-order valence-corrected chi connectivity index (χ0v) is 6.86. The first-order valence-corrected chi connectivity index (χ1v) is 3.72. The molecule has 2 aromatic heterocycles. The van der Waals surface area contributed by atoms with Gasteiger partial charge in [-0.25, -0.2) is 4.79 Å². The third kappa shape index (κ3) is 1.26. The van der Waals surface area contributed by atoms with Crippen molar-refractivity contribution in [2.75, 3.05) is 0 Å². The van der Waals surface area contributed by atoms with Crippen LogP contribution in [0, 0.1) is 5.82 Å². The summed E-state index contributed by atoms with van der Waals surface area (Å²) in [6.07, 6.45) is 3.41. The van der Waals surface area contributed by atoms with E-state index in [4.69, 9.17) is 4.42 Å². The Kier molecular flexibility index (Phi) is 1.81. The minimum atomic E-state index is -1.03. The quantitative estimate of drug-likeness (QED) is 0.711. The van der Waals surface area contributed by atoms with Gasteiger partial charge in [-0.1, -0.05) is 0 Å². The van der Waals surface area contributed by atoms with Crippen molar-refractivity contribution in [1.29, 1.82) is 0 Å². The fraction of sp³-hybridized carbons (Fsp3) is 0. The number of hydrogen-bond donors (Lipinski definition) is 1. The van der Waals surface area contributed by atoms with Gasteiger partial charge in [0.1, 0.15) is 6.26 Å². The Balaban J connectivity index is 2.72. The summed E-state index contributed by atoms with van der Waals surface area (Å²) in [5, 5.41) is 0. The molecule has 0 saturated carbocycles. The molecule has 5 nitrogen and oxygen atoms in total. The van der Waals surface area contributed by atoms with Crippen molar-refractivity contribution >= 4 is 0 Å². The molecule has 0 radical (unpaired) electrons. The minimum Gasteiger partial charge on any atom is -0.470 e. The standard InChI is InChI=1S/C8H5FN2O3/c9-6-3-11(5-1-2-14-4-5)8(13)10-7(6)12/h1-4H,(H,10,12,13). The first-order valence-electron chi connectivity index (χ1n) is 3.72. The minimum absolute atomic E-state index is 0.352. The molecule has 72 valence electrons. The van der Waals surface area contributed by atoms with Crippen molar-refractivity contribution in [3.05, 3.63) is 51.4 Å². The van der Waals surface area contributed by atoms with E-state index in [-0.39, 0.29) is 0 Å². The molecule has 0 aromatic carbocycles. The van der Waals surface area contributed by atoms with Gasteiger partial charge in [-0.05, 0) is 0 Å². The first kappa shape index (κ1) is 8.49. The van der Waals surface area contributed by atoms with Crippen LogP contribution in [0.2, 0.25) is 0 Å². The second kappa shape index (κ2) is 2.99. The number of hydrogen-bond acceptors (Lipinski definition) is 3. The van der Waals surface area contributed by atoms with E-state index in [0.717, 1.165) is 10.8 Å². The molecular formula is C8H5FN2O3. The summed E-state index contributed by atoms with van der Waals surface area (Å²) >= 11 is 0. The fourth-order valence-electron chi connectivity index (χ4n) is 1.03. The molecule has 2 aromatic rings. The van der Waals surface area contributed by atoms with Crippen LogP contribution in [0.3, 0.4) is 0 Å². The van der Waals surface area contributed by atoms with Crippen LogP contribution < -0.4 is 11.2 Å². The smallest absolute Gasteiger partial charge is 0.333 e. The molecule has 1 N–H and O–H groups in total.